The zero-order chi connectivity index (χ0) is 26.8. The number of amides is 3. The number of nitrogens with one attached hydrogen (secondary N) is 2. The summed E-state index contributed by atoms with van der Waals surface area (Å²) >= 11 is 0. The zero-order valence-electron chi connectivity index (χ0n) is 20.6. The van der Waals surface area contributed by atoms with Gasteiger partial charge in [0.1, 0.15) is 11.6 Å². The highest BCUT2D eigenvalue weighted by molar-refractivity contribution is 6.12. The highest BCUT2D eigenvalue weighted by Crippen LogP contribution is 2.40. The molecule has 3 aromatic carbocycles. The second-order valence-corrected chi connectivity index (χ2v) is 9.82. The first-order chi connectivity index (χ1) is 18.3. The Morgan fingerprint density at radius 2 is 1.63 bits per heavy atom. The first-order valence-electron chi connectivity index (χ1n) is 12.6. The van der Waals surface area contributed by atoms with Crippen molar-refractivity contribution >= 4 is 29.1 Å². The molecule has 1 aliphatic carbocycles. The minimum absolute atomic E-state index is 0.0182. The Hall–Kier alpha value is -4.11. The molecule has 1 saturated carbocycles. The Kier molecular flexibility index (Phi) is 7.20. The van der Waals surface area contributed by atoms with Gasteiger partial charge in [0.25, 0.3) is 11.8 Å². The fourth-order valence-corrected chi connectivity index (χ4v) is 5.12. The largest absolute Gasteiger partial charge is 0.349 e. The predicted octanol–water partition coefficient (Wildman–Crippen LogP) is 4.69. The molecule has 5 rings (SSSR count). The maximum atomic E-state index is 14.0. The van der Waals surface area contributed by atoms with E-state index in [-0.39, 0.29) is 41.6 Å². The Bertz CT molecular complexity index is 1370. The summed E-state index contributed by atoms with van der Waals surface area (Å²) in [6.45, 7) is 0. The van der Waals surface area contributed by atoms with E-state index in [0.29, 0.717) is 16.8 Å². The van der Waals surface area contributed by atoms with Gasteiger partial charge in [-0.15, -0.1) is 0 Å². The molecule has 1 unspecified atom stereocenters. The zero-order valence-corrected chi connectivity index (χ0v) is 20.6. The van der Waals surface area contributed by atoms with Gasteiger partial charge in [-0.05, 0) is 79.8 Å². The van der Waals surface area contributed by atoms with Crippen LogP contribution in [-0.2, 0) is 4.79 Å². The topological polar surface area (TPSA) is 105 Å². The van der Waals surface area contributed by atoms with Crippen molar-refractivity contribution < 1.29 is 23.2 Å². The maximum Gasteiger partial charge on any atom is 0.259 e. The van der Waals surface area contributed by atoms with E-state index < -0.39 is 23.6 Å². The Morgan fingerprint density at radius 3 is 2.34 bits per heavy atom. The first-order valence-corrected chi connectivity index (χ1v) is 12.6. The van der Waals surface area contributed by atoms with Crippen LogP contribution in [-0.4, -0.2) is 29.8 Å². The molecule has 0 bridgehead atoms. The van der Waals surface area contributed by atoms with E-state index in [1.165, 1.54) is 53.4 Å². The number of nitrogens with zero attached hydrogens (tertiary/aromatic N) is 1. The lowest BCUT2D eigenvalue weighted by molar-refractivity contribution is -0.116. The molecule has 38 heavy (non-hydrogen) atoms. The number of benzene rings is 3. The molecule has 3 aromatic rings. The molecule has 196 valence electrons. The third-order valence-electron chi connectivity index (χ3n) is 7.13. The standard InChI is InChI=1S/C29H28F2N4O3/c30-20-7-4-17(5-8-20)26-16-27(36)34-24-15-18(28(37)33-23-11-9-22(32)10-12-23)6-13-25(24)35(26)29(38)19-2-1-3-21(31)14-19/h1-8,13-15,22-23,26H,9-12,16,32H2,(H,33,37)(H,34,36). The lowest BCUT2D eigenvalue weighted by Gasteiger charge is -2.31. The number of rotatable bonds is 4. The molecular weight excluding hydrogens is 490 g/mol. The molecule has 1 heterocycles. The fraction of sp³-hybridized carbons (Fsp3) is 0.276. The molecule has 1 aliphatic heterocycles. The van der Waals surface area contributed by atoms with Crippen LogP contribution in [0.1, 0.15) is 64.4 Å². The third-order valence-corrected chi connectivity index (χ3v) is 7.13. The average molecular weight is 519 g/mol. The molecule has 2 aliphatic rings. The summed E-state index contributed by atoms with van der Waals surface area (Å²) in [4.78, 5) is 41.2. The van der Waals surface area contributed by atoms with Crippen molar-refractivity contribution in [1.82, 2.24) is 5.32 Å². The van der Waals surface area contributed by atoms with E-state index in [1.54, 1.807) is 12.1 Å². The molecule has 9 heteroatoms. The second-order valence-electron chi connectivity index (χ2n) is 9.82. The highest BCUT2D eigenvalue weighted by atomic mass is 19.1. The van der Waals surface area contributed by atoms with E-state index >= 15 is 0 Å². The minimum atomic E-state index is -0.793. The van der Waals surface area contributed by atoms with Gasteiger partial charge in [-0.3, -0.25) is 19.3 Å². The summed E-state index contributed by atoms with van der Waals surface area (Å²) in [6.07, 6.45) is 3.15. The number of halogens is 2. The summed E-state index contributed by atoms with van der Waals surface area (Å²) in [5.74, 6) is -2.23. The number of carbonyl (C=O) groups excluding carboxylic acids is 3. The number of carbonyl (C=O) groups is 3. The van der Waals surface area contributed by atoms with Gasteiger partial charge in [-0.2, -0.15) is 0 Å². The van der Waals surface area contributed by atoms with Gasteiger partial charge in [-0.1, -0.05) is 18.2 Å². The average Bonchev–Trinajstić information content (AvgIpc) is 3.05. The molecule has 0 aromatic heterocycles. The van der Waals surface area contributed by atoms with Crippen molar-refractivity contribution in [2.75, 3.05) is 10.2 Å². The van der Waals surface area contributed by atoms with Crippen LogP contribution >= 0.6 is 0 Å². The summed E-state index contributed by atoms with van der Waals surface area (Å²) in [5, 5.41) is 5.84. The van der Waals surface area contributed by atoms with Crippen molar-refractivity contribution in [2.24, 2.45) is 5.73 Å². The van der Waals surface area contributed by atoms with Gasteiger partial charge in [0, 0.05) is 23.2 Å². The Morgan fingerprint density at radius 1 is 0.895 bits per heavy atom. The number of nitrogens with two attached hydrogens (primary N) is 1. The van der Waals surface area contributed by atoms with E-state index in [4.69, 9.17) is 5.73 Å². The van der Waals surface area contributed by atoms with Crippen molar-refractivity contribution in [1.29, 1.82) is 0 Å². The molecule has 1 fully saturated rings. The lowest BCUT2D eigenvalue weighted by Crippen LogP contribution is -2.40. The molecule has 0 spiro atoms. The van der Waals surface area contributed by atoms with E-state index in [9.17, 15) is 23.2 Å². The van der Waals surface area contributed by atoms with E-state index in [0.717, 1.165) is 31.7 Å². The van der Waals surface area contributed by atoms with Crippen LogP contribution in [0, 0.1) is 11.6 Å². The van der Waals surface area contributed by atoms with Crippen molar-refractivity contribution in [2.45, 2.75) is 50.2 Å². The molecule has 3 amide bonds. The smallest absolute Gasteiger partial charge is 0.259 e. The number of anilines is 2. The number of fused-ring (bicyclic) bond motifs is 1. The third kappa shape index (κ3) is 5.43. The van der Waals surface area contributed by atoms with Gasteiger partial charge >= 0.3 is 0 Å². The molecule has 1 atom stereocenters. The molecule has 7 nitrogen and oxygen atoms in total. The Balaban J connectivity index is 1.53. The summed E-state index contributed by atoms with van der Waals surface area (Å²) in [5.41, 5.74) is 7.56. The van der Waals surface area contributed by atoms with Crippen LogP contribution in [0.15, 0.2) is 66.7 Å². The second kappa shape index (κ2) is 10.7. The lowest BCUT2D eigenvalue weighted by atomic mass is 9.91. The molecule has 4 N–H and O–H groups in total. The van der Waals surface area contributed by atoms with Gasteiger partial charge < -0.3 is 16.4 Å². The van der Waals surface area contributed by atoms with Gasteiger partial charge in [0.05, 0.1) is 23.8 Å². The number of hydrogen-bond acceptors (Lipinski definition) is 4. The molecule has 0 radical (unpaired) electrons. The molecule has 0 saturated heterocycles. The summed E-state index contributed by atoms with van der Waals surface area (Å²) < 4.78 is 27.7. The SMILES string of the molecule is NC1CCC(NC(=O)c2ccc3c(c2)NC(=O)CC(c2ccc(F)cc2)N3C(=O)c2cccc(F)c2)CC1. The van der Waals surface area contributed by atoms with Crippen LogP contribution < -0.4 is 21.3 Å². The van der Waals surface area contributed by atoms with Crippen LogP contribution in [0.2, 0.25) is 0 Å². The van der Waals surface area contributed by atoms with Crippen LogP contribution in [0.5, 0.6) is 0 Å². The number of hydrogen-bond donors (Lipinski definition) is 3. The van der Waals surface area contributed by atoms with Gasteiger partial charge in [0.15, 0.2) is 0 Å². The summed E-state index contributed by atoms with van der Waals surface area (Å²) in [7, 11) is 0. The van der Waals surface area contributed by atoms with Crippen molar-refractivity contribution in [3.8, 4) is 0 Å². The van der Waals surface area contributed by atoms with Crippen LogP contribution in [0.25, 0.3) is 0 Å². The van der Waals surface area contributed by atoms with E-state index in [1.807, 2.05) is 0 Å². The van der Waals surface area contributed by atoms with Crippen molar-refractivity contribution in [3.63, 3.8) is 0 Å². The molecular formula is C29H28F2N4O3. The predicted molar refractivity (Wildman–Crippen MR) is 140 cm³/mol. The van der Waals surface area contributed by atoms with Gasteiger partial charge in [-0.25, -0.2) is 8.78 Å². The van der Waals surface area contributed by atoms with Crippen LogP contribution in [0.4, 0.5) is 20.2 Å². The van der Waals surface area contributed by atoms with Crippen LogP contribution in [0.3, 0.4) is 0 Å². The van der Waals surface area contributed by atoms with E-state index in [2.05, 4.69) is 10.6 Å². The quantitative estimate of drug-likeness (QED) is 0.466. The monoisotopic (exact) mass is 518 g/mol. The minimum Gasteiger partial charge on any atom is -0.349 e. The summed E-state index contributed by atoms with van der Waals surface area (Å²) in [6, 6.07) is 14.9. The maximum absolute atomic E-state index is 14.0. The van der Waals surface area contributed by atoms with Gasteiger partial charge in [0.2, 0.25) is 5.91 Å². The fourth-order valence-electron chi connectivity index (χ4n) is 5.12. The normalized spacial score (nSPS) is 21.2. The Labute approximate surface area is 219 Å². The first kappa shape index (κ1) is 25.5. The van der Waals surface area contributed by atoms with Crippen molar-refractivity contribution in [3.05, 3.63) is 95.1 Å². The highest BCUT2D eigenvalue weighted by Gasteiger charge is 2.35.